The third kappa shape index (κ3) is 1.85. The Morgan fingerprint density at radius 2 is 2.12 bits per heavy atom. The van der Waals surface area contributed by atoms with Gasteiger partial charge in [-0.2, -0.15) is 0 Å². The van der Waals surface area contributed by atoms with Gasteiger partial charge in [0.05, 0.1) is 0 Å². The van der Waals surface area contributed by atoms with Crippen molar-refractivity contribution >= 4 is 5.69 Å². The molecule has 2 heteroatoms. The molecule has 1 heterocycles. The first-order valence-corrected chi connectivity index (χ1v) is 6.82. The van der Waals surface area contributed by atoms with Crippen molar-refractivity contribution in [2.75, 3.05) is 18.5 Å². The summed E-state index contributed by atoms with van der Waals surface area (Å²) in [6, 6.07) is 10.1. The SMILES string of the molecule is CNC(C)c1ccccc1N1CC2CCC1C2. The summed E-state index contributed by atoms with van der Waals surface area (Å²) in [7, 11) is 2.04. The van der Waals surface area contributed by atoms with E-state index in [1.54, 1.807) is 0 Å². The molecule has 2 bridgehead atoms. The second-order valence-corrected chi connectivity index (χ2v) is 5.55. The lowest BCUT2D eigenvalue weighted by molar-refractivity contribution is 0.549. The van der Waals surface area contributed by atoms with Crippen LogP contribution < -0.4 is 10.2 Å². The van der Waals surface area contributed by atoms with Crippen LogP contribution in [0.5, 0.6) is 0 Å². The van der Waals surface area contributed by atoms with Crippen LogP contribution in [0.15, 0.2) is 24.3 Å². The molecule has 3 unspecified atom stereocenters. The lowest BCUT2D eigenvalue weighted by atomic mass is 10.0. The minimum Gasteiger partial charge on any atom is -0.368 e. The molecule has 2 aliphatic rings. The van der Waals surface area contributed by atoms with E-state index in [0.29, 0.717) is 6.04 Å². The predicted octanol–water partition coefficient (Wildman–Crippen LogP) is 2.96. The van der Waals surface area contributed by atoms with Gasteiger partial charge in [-0.3, -0.25) is 0 Å². The Morgan fingerprint density at radius 1 is 1.29 bits per heavy atom. The molecule has 1 aromatic carbocycles. The van der Waals surface area contributed by atoms with Crippen LogP contribution in [0.1, 0.15) is 37.8 Å². The summed E-state index contributed by atoms with van der Waals surface area (Å²) in [5.74, 6) is 0.956. The number of hydrogen-bond acceptors (Lipinski definition) is 2. The van der Waals surface area contributed by atoms with Gasteiger partial charge in [0.2, 0.25) is 0 Å². The van der Waals surface area contributed by atoms with Crippen molar-refractivity contribution in [2.24, 2.45) is 5.92 Å². The molecule has 1 N–H and O–H groups in total. The monoisotopic (exact) mass is 230 g/mol. The Kier molecular flexibility index (Phi) is 2.83. The zero-order chi connectivity index (χ0) is 11.8. The Morgan fingerprint density at radius 3 is 2.76 bits per heavy atom. The number of nitrogens with one attached hydrogen (secondary N) is 1. The van der Waals surface area contributed by atoms with Crippen LogP contribution in [0.3, 0.4) is 0 Å². The molecule has 0 spiro atoms. The summed E-state index contributed by atoms with van der Waals surface area (Å²) in [5.41, 5.74) is 2.91. The van der Waals surface area contributed by atoms with Gasteiger partial charge < -0.3 is 10.2 Å². The fourth-order valence-corrected chi connectivity index (χ4v) is 3.49. The van der Waals surface area contributed by atoms with E-state index in [1.165, 1.54) is 37.1 Å². The molecular weight excluding hydrogens is 208 g/mol. The standard InChI is InChI=1S/C15H22N2/c1-11(16-2)14-5-3-4-6-15(14)17-10-12-7-8-13(17)9-12/h3-6,11-13,16H,7-10H2,1-2H3. The van der Waals surface area contributed by atoms with E-state index in [-0.39, 0.29) is 0 Å². The third-order valence-electron chi connectivity index (χ3n) is 4.55. The fourth-order valence-electron chi connectivity index (χ4n) is 3.49. The van der Waals surface area contributed by atoms with Crippen molar-refractivity contribution in [1.82, 2.24) is 5.32 Å². The van der Waals surface area contributed by atoms with Crippen molar-refractivity contribution < 1.29 is 0 Å². The van der Waals surface area contributed by atoms with Crippen LogP contribution >= 0.6 is 0 Å². The van der Waals surface area contributed by atoms with E-state index in [2.05, 4.69) is 41.4 Å². The van der Waals surface area contributed by atoms with Crippen molar-refractivity contribution in [3.63, 3.8) is 0 Å². The minimum atomic E-state index is 0.435. The second kappa shape index (κ2) is 4.34. The van der Waals surface area contributed by atoms with Crippen molar-refractivity contribution in [1.29, 1.82) is 0 Å². The summed E-state index contributed by atoms with van der Waals surface area (Å²) in [5, 5.41) is 3.36. The average Bonchev–Trinajstić information content (AvgIpc) is 3.00. The van der Waals surface area contributed by atoms with Crippen molar-refractivity contribution in [3.8, 4) is 0 Å². The molecule has 1 aliphatic heterocycles. The Labute approximate surface area is 104 Å². The summed E-state index contributed by atoms with van der Waals surface area (Å²) in [6.45, 7) is 3.52. The van der Waals surface area contributed by atoms with Crippen LogP contribution in [0, 0.1) is 5.92 Å². The van der Waals surface area contributed by atoms with Crippen LogP contribution in [0.25, 0.3) is 0 Å². The van der Waals surface area contributed by atoms with Gasteiger partial charge in [0.25, 0.3) is 0 Å². The molecule has 92 valence electrons. The van der Waals surface area contributed by atoms with Gasteiger partial charge >= 0.3 is 0 Å². The van der Waals surface area contributed by atoms with E-state index in [9.17, 15) is 0 Å². The molecule has 1 saturated heterocycles. The average molecular weight is 230 g/mol. The first-order valence-electron chi connectivity index (χ1n) is 6.82. The van der Waals surface area contributed by atoms with Crippen LogP contribution in [-0.2, 0) is 0 Å². The smallest absolute Gasteiger partial charge is 0.0417 e. The number of benzene rings is 1. The number of hydrogen-bond donors (Lipinski definition) is 1. The quantitative estimate of drug-likeness (QED) is 0.859. The van der Waals surface area contributed by atoms with Gasteiger partial charge in [0.1, 0.15) is 0 Å². The highest BCUT2D eigenvalue weighted by molar-refractivity contribution is 5.57. The van der Waals surface area contributed by atoms with E-state index in [0.717, 1.165) is 12.0 Å². The Balaban J connectivity index is 1.92. The van der Waals surface area contributed by atoms with E-state index >= 15 is 0 Å². The highest BCUT2D eigenvalue weighted by atomic mass is 15.2. The first-order chi connectivity index (χ1) is 8.29. The molecular formula is C15H22N2. The van der Waals surface area contributed by atoms with Gasteiger partial charge in [0.15, 0.2) is 0 Å². The Bertz CT molecular complexity index is 402. The van der Waals surface area contributed by atoms with Crippen LogP contribution in [-0.4, -0.2) is 19.6 Å². The predicted molar refractivity (Wildman–Crippen MR) is 72.4 cm³/mol. The number of piperidine rings is 1. The maximum Gasteiger partial charge on any atom is 0.0417 e. The molecule has 0 radical (unpaired) electrons. The largest absolute Gasteiger partial charge is 0.368 e. The molecule has 2 fully saturated rings. The maximum atomic E-state index is 3.36. The molecule has 0 amide bonds. The molecule has 3 atom stereocenters. The van der Waals surface area contributed by atoms with Gasteiger partial charge in [-0.1, -0.05) is 18.2 Å². The minimum absolute atomic E-state index is 0.435. The lowest BCUT2D eigenvalue weighted by Crippen LogP contribution is -2.33. The molecule has 1 aliphatic carbocycles. The fraction of sp³-hybridized carbons (Fsp3) is 0.600. The van der Waals surface area contributed by atoms with Crippen LogP contribution in [0.2, 0.25) is 0 Å². The molecule has 3 rings (SSSR count). The first kappa shape index (κ1) is 11.1. The molecule has 1 aromatic rings. The second-order valence-electron chi connectivity index (χ2n) is 5.55. The van der Waals surface area contributed by atoms with E-state index in [1.807, 2.05) is 7.05 Å². The Hall–Kier alpha value is -1.02. The van der Waals surface area contributed by atoms with Crippen LogP contribution in [0.4, 0.5) is 5.69 Å². The van der Waals surface area contributed by atoms with E-state index < -0.39 is 0 Å². The van der Waals surface area contributed by atoms with Gasteiger partial charge in [-0.25, -0.2) is 0 Å². The van der Waals surface area contributed by atoms with Gasteiger partial charge in [-0.05, 0) is 50.8 Å². The molecule has 0 aromatic heterocycles. The summed E-state index contributed by atoms with van der Waals surface area (Å²) in [6.07, 6.45) is 4.26. The van der Waals surface area contributed by atoms with E-state index in [4.69, 9.17) is 0 Å². The highest BCUT2D eigenvalue weighted by Gasteiger charge is 2.38. The normalized spacial score (nSPS) is 28.7. The van der Waals surface area contributed by atoms with Crippen molar-refractivity contribution in [3.05, 3.63) is 29.8 Å². The highest BCUT2D eigenvalue weighted by Crippen LogP contribution is 2.42. The number of nitrogens with zero attached hydrogens (tertiary/aromatic N) is 1. The number of rotatable bonds is 3. The maximum absolute atomic E-state index is 3.36. The molecule has 1 saturated carbocycles. The number of para-hydroxylation sites is 1. The van der Waals surface area contributed by atoms with Crippen molar-refractivity contribution in [2.45, 2.75) is 38.3 Å². The topological polar surface area (TPSA) is 15.3 Å². The zero-order valence-corrected chi connectivity index (χ0v) is 10.8. The zero-order valence-electron chi connectivity index (χ0n) is 10.8. The lowest BCUT2D eigenvalue weighted by Gasteiger charge is -2.32. The summed E-state index contributed by atoms with van der Waals surface area (Å²) < 4.78 is 0. The van der Waals surface area contributed by atoms with Gasteiger partial charge in [0, 0.05) is 24.3 Å². The molecule has 2 nitrogen and oxygen atoms in total. The van der Waals surface area contributed by atoms with Gasteiger partial charge in [-0.15, -0.1) is 0 Å². The summed E-state index contributed by atoms with van der Waals surface area (Å²) in [4.78, 5) is 2.65. The summed E-state index contributed by atoms with van der Waals surface area (Å²) >= 11 is 0. The number of anilines is 1. The number of fused-ring (bicyclic) bond motifs is 2. The molecule has 17 heavy (non-hydrogen) atoms. The third-order valence-corrected chi connectivity index (χ3v) is 4.55.